The number of halogens is 3. The molecule has 0 aliphatic rings. The number of hydrogen-bond donors (Lipinski definition) is 1. The summed E-state index contributed by atoms with van der Waals surface area (Å²) in [5.41, 5.74) is 0.403. The molecule has 0 spiro atoms. The molecule has 3 aromatic rings. The fourth-order valence-electron chi connectivity index (χ4n) is 2.24. The molecular formula is C15H13F3N6OS. The Kier molecular flexibility index (Phi) is 4.98. The molecule has 11 heteroatoms. The van der Waals surface area contributed by atoms with Crippen molar-refractivity contribution in [2.24, 2.45) is 0 Å². The highest BCUT2D eigenvalue weighted by molar-refractivity contribution is 7.16. The number of rotatable bonds is 5. The van der Waals surface area contributed by atoms with Crippen LogP contribution in [-0.4, -0.2) is 31.1 Å². The van der Waals surface area contributed by atoms with Crippen LogP contribution in [0.3, 0.4) is 0 Å². The molecule has 7 nitrogen and oxygen atoms in total. The van der Waals surface area contributed by atoms with Crippen LogP contribution in [0.15, 0.2) is 30.6 Å². The Morgan fingerprint density at radius 1 is 1.35 bits per heavy atom. The van der Waals surface area contributed by atoms with Crippen molar-refractivity contribution in [1.29, 1.82) is 0 Å². The van der Waals surface area contributed by atoms with Gasteiger partial charge in [0.05, 0.1) is 16.3 Å². The van der Waals surface area contributed by atoms with E-state index in [9.17, 15) is 18.0 Å². The average molecular weight is 382 g/mol. The summed E-state index contributed by atoms with van der Waals surface area (Å²) in [6.07, 6.45) is -2.82. The van der Waals surface area contributed by atoms with Gasteiger partial charge in [-0.15, -0.1) is 16.4 Å². The van der Waals surface area contributed by atoms with Crippen LogP contribution in [0.4, 0.5) is 18.2 Å². The minimum absolute atomic E-state index is 0.0483. The summed E-state index contributed by atoms with van der Waals surface area (Å²) >= 11 is 1.22. The Hall–Kier alpha value is -2.82. The van der Waals surface area contributed by atoms with Crippen LogP contribution in [0.5, 0.6) is 0 Å². The molecule has 2 aromatic heterocycles. The highest BCUT2D eigenvalue weighted by atomic mass is 32.1. The number of tetrazole rings is 1. The van der Waals surface area contributed by atoms with Gasteiger partial charge in [-0.1, -0.05) is 18.2 Å². The number of alkyl halides is 3. The third-order valence-corrected chi connectivity index (χ3v) is 4.47. The van der Waals surface area contributed by atoms with E-state index >= 15 is 0 Å². The van der Waals surface area contributed by atoms with Crippen molar-refractivity contribution in [3.8, 4) is 0 Å². The van der Waals surface area contributed by atoms with Crippen LogP contribution < -0.4 is 5.32 Å². The first-order chi connectivity index (χ1) is 12.3. The molecule has 0 aliphatic heterocycles. The molecule has 2 heterocycles. The molecule has 0 atom stereocenters. The minimum atomic E-state index is -4.38. The maximum atomic E-state index is 12.8. The number of aromatic nitrogens is 5. The standard InChI is InChI=1S/C15H13F3N6OS/c1-9-14(21-12(25)7-24-8-19-22-23-24)26-13(20-9)6-10-3-2-4-11(5-10)15(16,17)18/h2-5,8H,6-7H2,1H3,(H,21,25). The molecule has 0 saturated heterocycles. The quantitative estimate of drug-likeness (QED) is 0.733. The molecule has 0 radical (unpaired) electrons. The molecule has 26 heavy (non-hydrogen) atoms. The van der Waals surface area contributed by atoms with Gasteiger partial charge < -0.3 is 5.32 Å². The summed E-state index contributed by atoms with van der Waals surface area (Å²) in [7, 11) is 0. The molecule has 1 aromatic carbocycles. The fourth-order valence-corrected chi connectivity index (χ4v) is 3.26. The SMILES string of the molecule is Cc1nc(Cc2cccc(C(F)(F)F)c2)sc1NC(=O)Cn1cnnn1. The first-order valence-corrected chi connectivity index (χ1v) is 8.26. The summed E-state index contributed by atoms with van der Waals surface area (Å²) in [5.74, 6) is -0.324. The number of amides is 1. The Balaban J connectivity index is 1.69. The van der Waals surface area contributed by atoms with Gasteiger partial charge in [-0.05, 0) is 29.0 Å². The van der Waals surface area contributed by atoms with E-state index in [0.717, 1.165) is 12.1 Å². The molecule has 0 saturated carbocycles. The number of benzene rings is 1. The third-order valence-electron chi connectivity index (χ3n) is 3.40. The maximum absolute atomic E-state index is 12.8. The van der Waals surface area contributed by atoms with E-state index in [0.29, 0.717) is 21.3 Å². The second kappa shape index (κ2) is 7.20. The van der Waals surface area contributed by atoms with E-state index in [-0.39, 0.29) is 18.9 Å². The zero-order valence-corrected chi connectivity index (χ0v) is 14.3. The monoisotopic (exact) mass is 382 g/mol. The van der Waals surface area contributed by atoms with Crippen molar-refractivity contribution >= 4 is 22.2 Å². The van der Waals surface area contributed by atoms with E-state index in [1.165, 1.54) is 28.4 Å². The summed E-state index contributed by atoms with van der Waals surface area (Å²) in [6, 6.07) is 5.11. The van der Waals surface area contributed by atoms with E-state index < -0.39 is 11.7 Å². The lowest BCUT2D eigenvalue weighted by Crippen LogP contribution is -2.19. The van der Waals surface area contributed by atoms with Crippen LogP contribution in [0.1, 0.15) is 21.8 Å². The molecule has 0 aliphatic carbocycles. The summed E-state index contributed by atoms with van der Waals surface area (Å²) in [6.45, 7) is 1.67. The van der Waals surface area contributed by atoms with Crippen LogP contribution in [-0.2, 0) is 23.9 Å². The van der Waals surface area contributed by atoms with Gasteiger partial charge in [0.25, 0.3) is 0 Å². The third kappa shape index (κ3) is 4.42. The summed E-state index contributed by atoms with van der Waals surface area (Å²) < 4.78 is 39.7. The van der Waals surface area contributed by atoms with Gasteiger partial charge in [0.2, 0.25) is 5.91 Å². The van der Waals surface area contributed by atoms with Gasteiger partial charge in [0.1, 0.15) is 17.9 Å². The maximum Gasteiger partial charge on any atom is 0.416 e. The molecule has 0 bridgehead atoms. The highest BCUT2D eigenvalue weighted by Crippen LogP contribution is 2.31. The topological polar surface area (TPSA) is 85.6 Å². The Morgan fingerprint density at radius 3 is 2.85 bits per heavy atom. The van der Waals surface area contributed by atoms with Crippen molar-refractivity contribution in [3.05, 3.63) is 52.4 Å². The predicted molar refractivity (Wildman–Crippen MR) is 87.5 cm³/mol. The number of nitrogens with zero attached hydrogens (tertiary/aromatic N) is 5. The van der Waals surface area contributed by atoms with Crippen molar-refractivity contribution in [1.82, 2.24) is 25.2 Å². The Bertz CT molecular complexity index is 907. The molecule has 1 N–H and O–H groups in total. The minimum Gasteiger partial charge on any atom is -0.315 e. The first kappa shape index (κ1) is 18.0. The van der Waals surface area contributed by atoms with Crippen molar-refractivity contribution < 1.29 is 18.0 Å². The second-order valence-electron chi connectivity index (χ2n) is 5.45. The number of aryl methyl sites for hydroxylation is 1. The van der Waals surface area contributed by atoms with Crippen LogP contribution >= 0.6 is 11.3 Å². The second-order valence-corrected chi connectivity index (χ2v) is 6.54. The lowest BCUT2D eigenvalue weighted by atomic mass is 10.1. The van der Waals surface area contributed by atoms with Crippen molar-refractivity contribution in [2.75, 3.05) is 5.32 Å². The van der Waals surface area contributed by atoms with Gasteiger partial charge in [-0.25, -0.2) is 9.67 Å². The smallest absolute Gasteiger partial charge is 0.315 e. The van der Waals surface area contributed by atoms with Gasteiger partial charge in [0, 0.05) is 6.42 Å². The van der Waals surface area contributed by atoms with E-state index in [1.54, 1.807) is 13.0 Å². The zero-order chi connectivity index (χ0) is 18.7. The highest BCUT2D eigenvalue weighted by Gasteiger charge is 2.30. The first-order valence-electron chi connectivity index (χ1n) is 7.44. The molecule has 1 amide bonds. The van der Waals surface area contributed by atoms with Crippen molar-refractivity contribution in [2.45, 2.75) is 26.1 Å². The predicted octanol–water partition coefficient (Wildman–Crippen LogP) is 2.69. The molecular weight excluding hydrogens is 369 g/mol. The number of hydrogen-bond acceptors (Lipinski definition) is 6. The van der Waals surface area contributed by atoms with Crippen LogP contribution in [0.2, 0.25) is 0 Å². The van der Waals surface area contributed by atoms with Gasteiger partial charge in [-0.3, -0.25) is 4.79 Å². The molecule has 136 valence electrons. The number of nitrogens with one attached hydrogen (secondary N) is 1. The van der Waals surface area contributed by atoms with Gasteiger partial charge in [-0.2, -0.15) is 13.2 Å². The van der Waals surface area contributed by atoms with E-state index in [1.807, 2.05) is 0 Å². The number of thiazole rings is 1. The molecule has 3 rings (SSSR count). The lowest BCUT2D eigenvalue weighted by molar-refractivity contribution is -0.137. The summed E-state index contributed by atoms with van der Waals surface area (Å²) in [5, 5.41) is 14.3. The normalized spacial score (nSPS) is 11.5. The lowest BCUT2D eigenvalue weighted by Gasteiger charge is -2.07. The Labute approximate surface area is 149 Å². The van der Waals surface area contributed by atoms with Gasteiger partial charge in [0.15, 0.2) is 0 Å². The summed E-state index contributed by atoms with van der Waals surface area (Å²) in [4.78, 5) is 16.3. The Morgan fingerprint density at radius 2 is 2.15 bits per heavy atom. The molecule has 0 unspecified atom stereocenters. The zero-order valence-electron chi connectivity index (χ0n) is 13.5. The van der Waals surface area contributed by atoms with Crippen LogP contribution in [0, 0.1) is 6.92 Å². The molecule has 0 fully saturated rings. The van der Waals surface area contributed by atoms with Crippen LogP contribution in [0.25, 0.3) is 0 Å². The number of carbonyl (C=O) groups is 1. The average Bonchev–Trinajstić information content (AvgIpc) is 3.17. The van der Waals surface area contributed by atoms with E-state index in [2.05, 4.69) is 25.8 Å². The van der Waals surface area contributed by atoms with E-state index in [4.69, 9.17) is 0 Å². The number of carbonyl (C=O) groups excluding carboxylic acids is 1. The number of anilines is 1. The van der Waals surface area contributed by atoms with Crippen molar-refractivity contribution in [3.63, 3.8) is 0 Å². The van der Waals surface area contributed by atoms with Gasteiger partial charge >= 0.3 is 6.18 Å². The largest absolute Gasteiger partial charge is 0.416 e. The fraction of sp³-hybridized carbons (Fsp3) is 0.267.